The largest absolute Gasteiger partial charge is 0.472 e. The number of carbonyl (C=O) groups is 2. The molecule has 0 aliphatic rings. The molecule has 324 valence electrons. The SMILES string of the molecule is CC/C=C\C/C=C\C/C=C\C/C=C\C/C=C\CCCCCC(=O)OC(COC(=O)CCCCCCCCCCCCCCCCCCC)COP(=O)(O)OCC. The smallest absolute Gasteiger partial charge is 0.462 e. The van der Waals surface area contributed by atoms with E-state index in [1.807, 2.05) is 0 Å². The summed E-state index contributed by atoms with van der Waals surface area (Å²) >= 11 is 0. The van der Waals surface area contributed by atoms with E-state index in [9.17, 15) is 19.0 Å². The normalized spacial score (nSPS) is 13.9. The third kappa shape index (κ3) is 41.4. The molecule has 0 amide bonds. The summed E-state index contributed by atoms with van der Waals surface area (Å²) in [5.41, 5.74) is 0. The molecule has 0 heterocycles. The Morgan fingerprint density at radius 2 is 0.911 bits per heavy atom. The maximum absolute atomic E-state index is 12.6. The summed E-state index contributed by atoms with van der Waals surface area (Å²) in [4.78, 5) is 34.8. The molecule has 0 saturated heterocycles. The second kappa shape index (κ2) is 42.4. The predicted molar refractivity (Wildman–Crippen MR) is 235 cm³/mol. The lowest BCUT2D eigenvalue weighted by molar-refractivity contribution is -0.161. The summed E-state index contributed by atoms with van der Waals surface area (Å²) in [6.45, 7) is 5.34. The average Bonchev–Trinajstić information content (AvgIpc) is 3.18. The summed E-state index contributed by atoms with van der Waals surface area (Å²) in [5.74, 6) is -0.832. The van der Waals surface area contributed by atoms with Gasteiger partial charge in [-0.1, -0.05) is 184 Å². The lowest BCUT2D eigenvalue weighted by Gasteiger charge is -2.19. The highest BCUT2D eigenvalue weighted by Gasteiger charge is 2.25. The molecule has 0 aromatic carbocycles. The standard InChI is InChI=1S/C47H83O8P/c1-4-7-9-11-13-15-17-19-21-23-24-26-28-30-32-34-36-38-40-42-47(49)55-45(44-54-56(50,51)53-6-3)43-52-46(48)41-39-37-35-33-31-29-27-25-22-20-18-16-14-12-10-8-5-2/h7,9,13,15,19,21,24,26,30,32,45H,4-6,8,10-12,14,16-18,20,22-23,25,27-29,31,33-44H2,1-3H3,(H,50,51)/b9-7-,15-13-,21-19-,26-24-,32-30-. The van der Waals surface area contributed by atoms with Crippen LogP contribution in [0.3, 0.4) is 0 Å². The van der Waals surface area contributed by atoms with E-state index in [4.69, 9.17) is 18.5 Å². The molecular formula is C47H83O8P. The van der Waals surface area contributed by atoms with Gasteiger partial charge in [0, 0.05) is 12.8 Å². The Morgan fingerprint density at radius 3 is 1.38 bits per heavy atom. The molecule has 56 heavy (non-hydrogen) atoms. The van der Waals surface area contributed by atoms with E-state index in [0.717, 1.165) is 70.6 Å². The van der Waals surface area contributed by atoms with E-state index in [-0.39, 0.29) is 32.0 Å². The van der Waals surface area contributed by atoms with Gasteiger partial charge in [0.2, 0.25) is 0 Å². The fourth-order valence-corrected chi connectivity index (χ4v) is 6.82. The molecule has 0 bridgehead atoms. The number of phosphoric acid groups is 1. The Bertz CT molecular complexity index is 1100. The maximum Gasteiger partial charge on any atom is 0.472 e. The number of phosphoric ester groups is 1. The quantitative estimate of drug-likeness (QED) is 0.0282. The molecule has 0 aliphatic carbocycles. The molecule has 2 atom stereocenters. The molecule has 1 N–H and O–H groups in total. The van der Waals surface area contributed by atoms with Gasteiger partial charge in [-0.2, -0.15) is 0 Å². The Hall–Kier alpha value is -2.25. The van der Waals surface area contributed by atoms with Crippen molar-refractivity contribution in [1.82, 2.24) is 0 Å². The monoisotopic (exact) mass is 807 g/mol. The van der Waals surface area contributed by atoms with Crippen LogP contribution in [0.5, 0.6) is 0 Å². The van der Waals surface area contributed by atoms with Crippen LogP contribution in [0.4, 0.5) is 0 Å². The molecule has 0 spiro atoms. The molecule has 0 aliphatic heterocycles. The molecular weight excluding hydrogens is 723 g/mol. The summed E-state index contributed by atoms with van der Waals surface area (Å²) < 4.78 is 32.7. The van der Waals surface area contributed by atoms with Gasteiger partial charge in [0.15, 0.2) is 6.10 Å². The highest BCUT2D eigenvalue weighted by molar-refractivity contribution is 7.47. The van der Waals surface area contributed by atoms with E-state index in [2.05, 4.69) is 74.6 Å². The number of hydrogen-bond acceptors (Lipinski definition) is 7. The van der Waals surface area contributed by atoms with Gasteiger partial charge in [0.05, 0.1) is 13.2 Å². The number of allylic oxidation sites excluding steroid dienone is 10. The minimum absolute atomic E-state index is 0.00774. The zero-order chi connectivity index (χ0) is 41.1. The van der Waals surface area contributed by atoms with Gasteiger partial charge in [0.1, 0.15) is 6.61 Å². The highest BCUT2D eigenvalue weighted by atomic mass is 31.2. The lowest BCUT2D eigenvalue weighted by Crippen LogP contribution is -2.29. The van der Waals surface area contributed by atoms with Gasteiger partial charge in [-0.3, -0.25) is 18.6 Å². The second-order valence-corrected chi connectivity index (χ2v) is 16.1. The first kappa shape index (κ1) is 53.8. The topological polar surface area (TPSA) is 108 Å². The highest BCUT2D eigenvalue weighted by Crippen LogP contribution is 2.43. The van der Waals surface area contributed by atoms with Crippen LogP contribution in [0.25, 0.3) is 0 Å². The molecule has 0 saturated carbocycles. The predicted octanol–water partition coefficient (Wildman–Crippen LogP) is 14.3. The van der Waals surface area contributed by atoms with Crippen LogP contribution in [-0.2, 0) is 32.7 Å². The van der Waals surface area contributed by atoms with Crippen molar-refractivity contribution in [3.63, 3.8) is 0 Å². The van der Waals surface area contributed by atoms with Gasteiger partial charge in [0.25, 0.3) is 0 Å². The summed E-state index contributed by atoms with van der Waals surface area (Å²) in [6.07, 6.45) is 51.3. The summed E-state index contributed by atoms with van der Waals surface area (Å²) in [5, 5.41) is 0. The Balaban J connectivity index is 4.12. The maximum atomic E-state index is 12.6. The third-order valence-corrected chi connectivity index (χ3v) is 10.4. The van der Waals surface area contributed by atoms with Crippen molar-refractivity contribution in [2.45, 2.75) is 207 Å². The number of esters is 2. The van der Waals surface area contributed by atoms with E-state index < -0.39 is 26.5 Å². The first-order valence-electron chi connectivity index (χ1n) is 22.6. The number of unbranched alkanes of at least 4 members (excludes halogenated alkanes) is 19. The molecule has 2 unspecified atom stereocenters. The minimum Gasteiger partial charge on any atom is -0.462 e. The fraction of sp³-hybridized carbons (Fsp3) is 0.745. The second-order valence-electron chi connectivity index (χ2n) is 14.7. The fourth-order valence-electron chi connectivity index (χ4n) is 6.07. The zero-order valence-electron chi connectivity index (χ0n) is 36.0. The van der Waals surface area contributed by atoms with Gasteiger partial charge in [-0.15, -0.1) is 0 Å². The zero-order valence-corrected chi connectivity index (χ0v) is 36.9. The van der Waals surface area contributed by atoms with Crippen molar-refractivity contribution in [2.75, 3.05) is 19.8 Å². The van der Waals surface area contributed by atoms with Crippen molar-refractivity contribution >= 4 is 19.8 Å². The lowest BCUT2D eigenvalue weighted by atomic mass is 10.0. The number of ether oxygens (including phenoxy) is 2. The first-order chi connectivity index (χ1) is 27.3. The third-order valence-electron chi connectivity index (χ3n) is 9.34. The van der Waals surface area contributed by atoms with Crippen molar-refractivity contribution in [2.24, 2.45) is 0 Å². The minimum atomic E-state index is -4.29. The average molecular weight is 807 g/mol. The van der Waals surface area contributed by atoms with Gasteiger partial charge >= 0.3 is 19.8 Å². The van der Waals surface area contributed by atoms with Gasteiger partial charge < -0.3 is 14.4 Å². The summed E-state index contributed by atoms with van der Waals surface area (Å²) in [7, 11) is -4.29. The Morgan fingerprint density at radius 1 is 0.500 bits per heavy atom. The van der Waals surface area contributed by atoms with E-state index >= 15 is 0 Å². The molecule has 0 aromatic rings. The van der Waals surface area contributed by atoms with Crippen molar-refractivity contribution in [1.29, 1.82) is 0 Å². The number of rotatable bonds is 41. The van der Waals surface area contributed by atoms with Gasteiger partial charge in [-0.05, 0) is 64.7 Å². The number of carbonyl (C=O) groups excluding carboxylic acids is 2. The van der Waals surface area contributed by atoms with Crippen LogP contribution >= 0.6 is 7.82 Å². The van der Waals surface area contributed by atoms with Crippen molar-refractivity contribution < 1.29 is 37.6 Å². The van der Waals surface area contributed by atoms with Crippen LogP contribution in [-0.4, -0.2) is 42.8 Å². The number of hydrogen-bond donors (Lipinski definition) is 1. The molecule has 0 rings (SSSR count). The van der Waals surface area contributed by atoms with Gasteiger partial charge in [-0.25, -0.2) is 4.57 Å². The Kier molecular flexibility index (Phi) is 40.7. The van der Waals surface area contributed by atoms with E-state index in [1.165, 1.54) is 89.9 Å². The van der Waals surface area contributed by atoms with Crippen LogP contribution in [0, 0.1) is 0 Å². The van der Waals surface area contributed by atoms with E-state index in [1.54, 1.807) is 6.92 Å². The van der Waals surface area contributed by atoms with Crippen LogP contribution in [0.15, 0.2) is 60.8 Å². The molecule has 0 aromatic heterocycles. The van der Waals surface area contributed by atoms with E-state index in [0.29, 0.717) is 6.42 Å². The van der Waals surface area contributed by atoms with Crippen LogP contribution < -0.4 is 0 Å². The van der Waals surface area contributed by atoms with Crippen LogP contribution in [0.1, 0.15) is 201 Å². The van der Waals surface area contributed by atoms with Crippen molar-refractivity contribution in [3.8, 4) is 0 Å². The molecule has 9 heteroatoms. The van der Waals surface area contributed by atoms with Crippen LogP contribution in [0.2, 0.25) is 0 Å². The first-order valence-corrected chi connectivity index (χ1v) is 24.1. The summed E-state index contributed by atoms with van der Waals surface area (Å²) in [6, 6.07) is 0. The Labute approximate surface area is 343 Å². The molecule has 0 fully saturated rings. The van der Waals surface area contributed by atoms with Crippen molar-refractivity contribution in [3.05, 3.63) is 60.8 Å². The molecule has 8 nitrogen and oxygen atoms in total. The molecule has 0 radical (unpaired) electrons.